The van der Waals surface area contributed by atoms with Crippen LogP contribution in [-0.4, -0.2) is 24.4 Å². The lowest BCUT2D eigenvalue weighted by Crippen LogP contribution is -2.37. The van der Waals surface area contributed by atoms with E-state index in [9.17, 15) is 9.59 Å². The number of hydrogen-bond donors (Lipinski definition) is 2. The highest BCUT2D eigenvalue weighted by atomic mass is 16.2. The van der Waals surface area contributed by atoms with Gasteiger partial charge in [-0.05, 0) is 19.8 Å². The highest BCUT2D eigenvalue weighted by molar-refractivity contribution is 5.97. The Morgan fingerprint density at radius 2 is 1.92 bits per heavy atom. The van der Waals surface area contributed by atoms with Crippen LogP contribution in [0.3, 0.4) is 0 Å². The van der Waals surface area contributed by atoms with Crippen LogP contribution in [0.25, 0.3) is 0 Å². The van der Waals surface area contributed by atoms with Crippen molar-refractivity contribution in [3.8, 4) is 0 Å². The lowest BCUT2D eigenvalue weighted by atomic mass is 10.3. The maximum Gasteiger partial charge on any atom is 0.229 e. The molecular formula is C8H14N2O2. The molecule has 0 aromatic rings. The second-order valence-electron chi connectivity index (χ2n) is 3.46. The molecule has 0 aromatic heterocycles. The number of nitrogens with one attached hydrogen (secondary N) is 2. The molecular weight excluding hydrogens is 156 g/mol. The van der Waals surface area contributed by atoms with Crippen molar-refractivity contribution in [1.29, 1.82) is 0 Å². The van der Waals surface area contributed by atoms with Gasteiger partial charge in [-0.2, -0.15) is 0 Å². The number of carbonyl (C=O) groups is 2. The summed E-state index contributed by atoms with van der Waals surface area (Å²) in [4.78, 5) is 21.9. The molecule has 1 aliphatic rings. The topological polar surface area (TPSA) is 58.2 Å². The smallest absolute Gasteiger partial charge is 0.229 e. The third kappa shape index (κ3) is 2.53. The van der Waals surface area contributed by atoms with E-state index < -0.39 is 0 Å². The second kappa shape index (κ2) is 3.13. The minimum Gasteiger partial charge on any atom is -0.359 e. The van der Waals surface area contributed by atoms with Gasteiger partial charge in [0, 0.05) is 12.6 Å². The minimum atomic E-state index is -0.239. The molecule has 2 amide bonds. The Morgan fingerprint density at radius 1 is 1.33 bits per heavy atom. The first-order chi connectivity index (χ1) is 5.56. The van der Waals surface area contributed by atoms with E-state index in [1.807, 2.05) is 6.92 Å². The molecule has 0 aromatic carbocycles. The molecule has 0 spiro atoms. The Bertz CT molecular complexity index is 209. The predicted molar refractivity (Wildman–Crippen MR) is 44.5 cm³/mol. The number of hydrogen-bond acceptors (Lipinski definition) is 2. The van der Waals surface area contributed by atoms with Gasteiger partial charge >= 0.3 is 0 Å². The summed E-state index contributed by atoms with van der Waals surface area (Å²) in [5.74, 6) is -0.425. The molecule has 1 aliphatic carbocycles. The summed E-state index contributed by atoms with van der Waals surface area (Å²) in [6.07, 6.45) is 1.98. The Morgan fingerprint density at radius 3 is 2.33 bits per heavy atom. The molecule has 0 atom stereocenters. The van der Waals surface area contributed by atoms with Gasteiger partial charge in [0.1, 0.15) is 6.42 Å². The first-order valence-corrected chi connectivity index (χ1v) is 4.07. The summed E-state index contributed by atoms with van der Waals surface area (Å²) in [5, 5.41) is 5.20. The lowest BCUT2D eigenvalue weighted by Gasteiger charge is -2.10. The van der Waals surface area contributed by atoms with Gasteiger partial charge in [0.2, 0.25) is 11.8 Å². The Kier molecular flexibility index (Phi) is 2.35. The standard InChI is InChI=1S/C8H14N2O2/c1-8(3-4-8)10-7(12)5-6(11)9-2/h3-5H2,1-2H3,(H,9,11)(H,10,12). The van der Waals surface area contributed by atoms with Crippen molar-refractivity contribution in [2.24, 2.45) is 0 Å². The molecule has 68 valence electrons. The quantitative estimate of drug-likeness (QED) is 0.576. The van der Waals surface area contributed by atoms with E-state index in [1.54, 1.807) is 0 Å². The van der Waals surface area contributed by atoms with Gasteiger partial charge in [-0.1, -0.05) is 0 Å². The lowest BCUT2D eigenvalue weighted by molar-refractivity contribution is -0.129. The molecule has 0 bridgehead atoms. The largest absolute Gasteiger partial charge is 0.359 e. The summed E-state index contributed by atoms with van der Waals surface area (Å²) >= 11 is 0. The van der Waals surface area contributed by atoms with E-state index in [-0.39, 0.29) is 23.8 Å². The summed E-state index contributed by atoms with van der Waals surface area (Å²) in [5.41, 5.74) is -0.0227. The van der Waals surface area contributed by atoms with E-state index in [2.05, 4.69) is 10.6 Å². The van der Waals surface area contributed by atoms with Crippen molar-refractivity contribution in [1.82, 2.24) is 10.6 Å². The molecule has 0 saturated heterocycles. The summed E-state index contributed by atoms with van der Waals surface area (Å²) in [7, 11) is 1.52. The predicted octanol–water partition coefficient (Wildman–Crippen LogP) is -0.209. The molecule has 1 rings (SSSR count). The molecule has 1 fully saturated rings. The third-order valence-corrected chi connectivity index (χ3v) is 2.04. The van der Waals surface area contributed by atoms with Crippen molar-refractivity contribution in [3.05, 3.63) is 0 Å². The van der Waals surface area contributed by atoms with Crippen LogP contribution in [0.2, 0.25) is 0 Å². The van der Waals surface area contributed by atoms with Crippen LogP contribution in [0.1, 0.15) is 26.2 Å². The van der Waals surface area contributed by atoms with Crippen LogP contribution in [-0.2, 0) is 9.59 Å². The molecule has 12 heavy (non-hydrogen) atoms. The van der Waals surface area contributed by atoms with Gasteiger partial charge in [-0.25, -0.2) is 0 Å². The third-order valence-electron chi connectivity index (χ3n) is 2.04. The van der Waals surface area contributed by atoms with Gasteiger partial charge in [0.05, 0.1) is 0 Å². The first-order valence-electron chi connectivity index (χ1n) is 4.07. The molecule has 2 N–H and O–H groups in total. The van der Waals surface area contributed by atoms with Crippen molar-refractivity contribution < 1.29 is 9.59 Å². The zero-order chi connectivity index (χ0) is 9.19. The fourth-order valence-corrected chi connectivity index (χ4v) is 0.927. The van der Waals surface area contributed by atoms with Crippen LogP contribution in [0.4, 0.5) is 0 Å². The summed E-state index contributed by atoms with van der Waals surface area (Å²) in [6, 6.07) is 0. The van der Waals surface area contributed by atoms with Crippen molar-refractivity contribution in [3.63, 3.8) is 0 Å². The molecule has 0 heterocycles. The van der Waals surface area contributed by atoms with E-state index >= 15 is 0 Å². The SMILES string of the molecule is CNC(=O)CC(=O)NC1(C)CC1. The van der Waals surface area contributed by atoms with Crippen molar-refractivity contribution in [2.75, 3.05) is 7.05 Å². The maximum atomic E-state index is 11.1. The summed E-state index contributed by atoms with van der Waals surface area (Å²) < 4.78 is 0. The first kappa shape index (κ1) is 9.03. The highest BCUT2D eigenvalue weighted by Gasteiger charge is 2.38. The normalized spacial score (nSPS) is 18.2. The molecule has 4 nitrogen and oxygen atoms in total. The van der Waals surface area contributed by atoms with E-state index in [4.69, 9.17) is 0 Å². The van der Waals surface area contributed by atoms with Crippen LogP contribution in [0.5, 0.6) is 0 Å². The van der Waals surface area contributed by atoms with E-state index in [0.717, 1.165) is 12.8 Å². The fourth-order valence-electron chi connectivity index (χ4n) is 0.927. The molecule has 0 unspecified atom stereocenters. The van der Waals surface area contributed by atoms with Gasteiger partial charge in [0.25, 0.3) is 0 Å². The van der Waals surface area contributed by atoms with Gasteiger partial charge in [0.15, 0.2) is 0 Å². The fraction of sp³-hybridized carbons (Fsp3) is 0.750. The second-order valence-corrected chi connectivity index (χ2v) is 3.46. The van der Waals surface area contributed by atoms with Crippen LogP contribution in [0, 0.1) is 0 Å². The number of carbonyl (C=O) groups excluding carboxylic acids is 2. The highest BCUT2D eigenvalue weighted by Crippen LogP contribution is 2.34. The van der Waals surface area contributed by atoms with Gasteiger partial charge in [-0.15, -0.1) is 0 Å². The molecule has 1 saturated carbocycles. The van der Waals surface area contributed by atoms with Gasteiger partial charge in [-0.3, -0.25) is 9.59 Å². The molecule has 0 aliphatic heterocycles. The van der Waals surface area contributed by atoms with Crippen LogP contribution >= 0.6 is 0 Å². The average Bonchev–Trinajstić information content (AvgIpc) is 2.67. The zero-order valence-electron chi connectivity index (χ0n) is 7.44. The minimum absolute atomic E-state index is 0.0227. The maximum absolute atomic E-state index is 11.1. The number of amides is 2. The van der Waals surface area contributed by atoms with Gasteiger partial charge < -0.3 is 10.6 Å². The van der Waals surface area contributed by atoms with E-state index in [1.165, 1.54) is 7.05 Å². The Hall–Kier alpha value is -1.06. The Labute approximate surface area is 71.7 Å². The van der Waals surface area contributed by atoms with Crippen molar-refractivity contribution >= 4 is 11.8 Å². The van der Waals surface area contributed by atoms with Crippen LogP contribution < -0.4 is 10.6 Å². The van der Waals surface area contributed by atoms with E-state index in [0.29, 0.717) is 0 Å². The monoisotopic (exact) mass is 170 g/mol. The average molecular weight is 170 g/mol. The molecule has 4 heteroatoms. The zero-order valence-corrected chi connectivity index (χ0v) is 7.44. The molecule has 0 radical (unpaired) electrons. The van der Waals surface area contributed by atoms with Crippen molar-refractivity contribution in [2.45, 2.75) is 31.7 Å². The summed E-state index contributed by atoms with van der Waals surface area (Å²) in [6.45, 7) is 1.98. The Balaban J connectivity index is 2.24. The number of rotatable bonds is 3. The van der Waals surface area contributed by atoms with Crippen LogP contribution in [0.15, 0.2) is 0 Å².